The molecule has 4 heterocycles. The first kappa shape index (κ1) is 25.7. The van der Waals surface area contributed by atoms with Gasteiger partial charge in [-0.1, -0.05) is 29.5 Å². The third-order valence-electron chi connectivity index (χ3n) is 5.70. The van der Waals surface area contributed by atoms with E-state index >= 15 is 0 Å². The van der Waals surface area contributed by atoms with Crippen LogP contribution in [0.4, 0.5) is 16.3 Å². The summed E-state index contributed by atoms with van der Waals surface area (Å²) >= 11 is 7.98. The number of nitrogens with one attached hydrogen (secondary N) is 2. The summed E-state index contributed by atoms with van der Waals surface area (Å²) in [4.78, 5) is 27.1. The molecule has 194 valence electrons. The van der Waals surface area contributed by atoms with E-state index < -0.39 is 0 Å². The summed E-state index contributed by atoms with van der Waals surface area (Å²) in [5, 5.41) is 7.10. The second kappa shape index (κ2) is 11.6. The molecule has 2 N–H and O–H groups in total. The summed E-state index contributed by atoms with van der Waals surface area (Å²) in [7, 11) is 3.33. The van der Waals surface area contributed by atoms with Crippen LogP contribution in [-0.4, -0.2) is 58.7 Å². The third kappa shape index (κ3) is 6.31. The lowest BCUT2D eigenvalue weighted by Crippen LogP contribution is -2.29. The van der Waals surface area contributed by atoms with E-state index in [-0.39, 0.29) is 18.2 Å². The standard InChI is InChI=1S/C27H25ClN6O3S/c1-34(2)27(35)37-20-11-17(30-14-20)6-8-21-13-23-25(38-21)26(32-16-31-23)33-18-7-9-24(22(28)12-18)36-15-19-5-3-4-10-29-19/h3-5,7,9-10,12-13,16-17,20,30H,11,14-15H2,1-2H3,(H,31,32,33). The summed E-state index contributed by atoms with van der Waals surface area (Å²) in [5.74, 6) is 7.70. The smallest absolute Gasteiger partial charge is 0.409 e. The number of nitrogens with zero attached hydrogens (tertiary/aromatic N) is 4. The summed E-state index contributed by atoms with van der Waals surface area (Å²) in [5.41, 5.74) is 2.40. The maximum Gasteiger partial charge on any atom is 0.409 e. The van der Waals surface area contributed by atoms with Crippen LogP contribution in [0, 0.1) is 11.8 Å². The van der Waals surface area contributed by atoms with Gasteiger partial charge in [0.2, 0.25) is 0 Å². The number of benzene rings is 1. The Kier molecular flexibility index (Phi) is 7.89. The number of hydrogen-bond acceptors (Lipinski definition) is 9. The van der Waals surface area contributed by atoms with Gasteiger partial charge < -0.3 is 19.7 Å². The Hall–Kier alpha value is -3.91. The van der Waals surface area contributed by atoms with Crippen LogP contribution >= 0.6 is 22.9 Å². The number of amides is 1. The molecule has 1 aliphatic rings. The van der Waals surface area contributed by atoms with Gasteiger partial charge in [0.25, 0.3) is 0 Å². The maximum atomic E-state index is 11.8. The minimum atomic E-state index is -0.346. The first-order valence-electron chi connectivity index (χ1n) is 11.9. The molecule has 38 heavy (non-hydrogen) atoms. The zero-order valence-corrected chi connectivity index (χ0v) is 22.3. The van der Waals surface area contributed by atoms with Crippen LogP contribution in [0.3, 0.4) is 0 Å². The number of hydrogen-bond donors (Lipinski definition) is 2. The van der Waals surface area contributed by atoms with E-state index in [1.807, 2.05) is 36.4 Å². The molecule has 1 aliphatic heterocycles. The first-order chi connectivity index (χ1) is 18.4. The van der Waals surface area contributed by atoms with Gasteiger partial charge >= 0.3 is 6.09 Å². The van der Waals surface area contributed by atoms with Crippen molar-refractivity contribution in [3.05, 3.63) is 70.6 Å². The third-order valence-corrected chi connectivity index (χ3v) is 7.04. The predicted octanol–water partition coefficient (Wildman–Crippen LogP) is 4.84. The van der Waals surface area contributed by atoms with Gasteiger partial charge in [-0.3, -0.25) is 10.3 Å². The van der Waals surface area contributed by atoms with Crippen molar-refractivity contribution in [3.63, 3.8) is 0 Å². The van der Waals surface area contributed by atoms with Crippen LogP contribution in [-0.2, 0) is 11.3 Å². The summed E-state index contributed by atoms with van der Waals surface area (Å²) in [6.07, 6.45) is 3.35. The molecule has 3 aromatic heterocycles. The first-order valence-corrected chi connectivity index (χ1v) is 13.1. The van der Waals surface area contributed by atoms with Crippen LogP contribution < -0.4 is 15.4 Å². The summed E-state index contributed by atoms with van der Waals surface area (Å²) in [6.45, 7) is 0.914. The van der Waals surface area contributed by atoms with Crippen LogP contribution in [0.25, 0.3) is 10.2 Å². The Morgan fingerprint density at radius 2 is 2.13 bits per heavy atom. The van der Waals surface area contributed by atoms with Gasteiger partial charge in [-0.25, -0.2) is 14.8 Å². The second-order valence-corrected chi connectivity index (χ2v) is 10.3. The molecule has 1 amide bonds. The molecule has 0 saturated carbocycles. The van der Waals surface area contributed by atoms with Crippen LogP contribution in [0.5, 0.6) is 5.75 Å². The van der Waals surface area contributed by atoms with Gasteiger partial charge in [0.1, 0.15) is 24.8 Å². The topological polar surface area (TPSA) is 102 Å². The van der Waals surface area contributed by atoms with E-state index in [1.54, 1.807) is 26.4 Å². The van der Waals surface area contributed by atoms with Gasteiger partial charge in [0.15, 0.2) is 5.82 Å². The fourth-order valence-electron chi connectivity index (χ4n) is 3.78. The zero-order valence-electron chi connectivity index (χ0n) is 20.8. The van der Waals surface area contributed by atoms with Crippen LogP contribution in [0.1, 0.15) is 17.0 Å². The number of halogens is 1. The number of thiophene rings is 1. The summed E-state index contributed by atoms with van der Waals surface area (Å²) in [6, 6.07) is 13.1. The van der Waals surface area contributed by atoms with Crippen molar-refractivity contribution >= 4 is 50.8 Å². The van der Waals surface area contributed by atoms with E-state index in [0.717, 1.165) is 26.5 Å². The number of carbonyl (C=O) groups is 1. The van der Waals surface area contributed by atoms with Crippen molar-refractivity contribution in [2.75, 3.05) is 26.0 Å². The number of fused-ring (bicyclic) bond motifs is 1. The molecule has 1 aromatic carbocycles. The van der Waals surface area contributed by atoms with Crippen molar-refractivity contribution in [1.82, 2.24) is 25.2 Å². The fraction of sp³-hybridized carbons (Fsp3) is 0.259. The molecular formula is C27H25ClN6O3S. The van der Waals surface area contributed by atoms with Crippen molar-refractivity contribution in [3.8, 4) is 17.6 Å². The number of anilines is 2. The molecule has 2 unspecified atom stereocenters. The van der Waals surface area contributed by atoms with Gasteiger partial charge in [-0.2, -0.15) is 0 Å². The van der Waals surface area contributed by atoms with E-state index in [1.165, 1.54) is 22.6 Å². The van der Waals surface area contributed by atoms with Crippen molar-refractivity contribution < 1.29 is 14.3 Å². The maximum absolute atomic E-state index is 11.8. The minimum absolute atomic E-state index is 0.0515. The predicted molar refractivity (Wildman–Crippen MR) is 148 cm³/mol. The Bertz CT molecular complexity index is 1500. The van der Waals surface area contributed by atoms with Gasteiger partial charge in [0, 0.05) is 38.9 Å². The highest BCUT2D eigenvalue weighted by Crippen LogP contribution is 2.33. The quantitative estimate of drug-likeness (QED) is 0.330. The zero-order chi connectivity index (χ0) is 26.5. The molecule has 2 atom stereocenters. The van der Waals surface area contributed by atoms with Crippen LogP contribution in [0.2, 0.25) is 5.02 Å². The SMILES string of the molecule is CN(C)C(=O)OC1CNC(C#Cc2cc3ncnc(Nc4ccc(OCc5ccccn5)c(Cl)c4)c3s2)C1. The number of carbonyl (C=O) groups excluding carboxylic acids is 1. The molecule has 0 bridgehead atoms. The molecule has 1 saturated heterocycles. The normalized spacial score (nSPS) is 16.5. The molecule has 5 rings (SSSR count). The minimum Gasteiger partial charge on any atom is -0.486 e. The van der Waals surface area contributed by atoms with Crippen LogP contribution in [0.15, 0.2) is 55.0 Å². The van der Waals surface area contributed by atoms with E-state index in [4.69, 9.17) is 21.1 Å². The Morgan fingerprint density at radius 1 is 1.24 bits per heavy atom. The molecule has 4 aromatic rings. The largest absolute Gasteiger partial charge is 0.486 e. The molecular weight excluding hydrogens is 524 g/mol. The molecule has 11 heteroatoms. The van der Waals surface area contributed by atoms with Crippen molar-refractivity contribution in [1.29, 1.82) is 0 Å². The lowest BCUT2D eigenvalue weighted by Gasteiger charge is -2.15. The van der Waals surface area contributed by atoms with Crippen molar-refractivity contribution in [2.45, 2.75) is 25.2 Å². The molecule has 0 spiro atoms. The van der Waals surface area contributed by atoms with E-state index in [0.29, 0.717) is 36.2 Å². The number of pyridine rings is 1. The number of aromatic nitrogens is 3. The number of ether oxygens (including phenoxy) is 2. The van der Waals surface area contributed by atoms with E-state index in [2.05, 4.69) is 37.4 Å². The molecule has 9 nitrogen and oxygen atoms in total. The lowest BCUT2D eigenvalue weighted by atomic mass is 10.2. The highest BCUT2D eigenvalue weighted by atomic mass is 35.5. The molecule has 0 aliphatic carbocycles. The summed E-state index contributed by atoms with van der Waals surface area (Å²) < 4.78 is 12.1. The van der Waals surface area contributed by atoms with Gasteiger partial charge in [-0.15, -0.1) is 11.3 Å². The molecule has 1 fully saturated rings. The number of rotatable bonds is 6. The van der Waals surface area contributed by atoms with Gasteiger partial charge in [0.05, 0.1) is 31.9 Å². The molecule has 0 radical (unpaired) electrons. The highest BCUT2D eigenvalue weighted by molar-refractivity contribution is 7.20. The lowest BCUT2D eigenvalue weighted by molar-refractivity contribution is 0.0826. The van der Waals surface area contributed by atoms with E-state index in [9.17, 15) is 4.79 Å². The van der Waals surface area contributed by atoms with Gasteiger partial charge in [-0.05, 0) is 36.4 Å². The second-order valence-electron chi connectivity index (χ2n) is 8.79. The van der Waals surface area contributed by atoms with Crippen molar-refractivity contribution in [2.24, 2.45) is 0 Å². The average molecular weight is 549 g/mol. The Balaban J connectivity index is 1.24. The average Bonchev–Trinajstić information content (AvgIpc) is 3.54. The monoisotopic (exact) mass is 548 g/mol. The Labute approximate surface area is 229 Å². The Morgan fingerprint density at radius 3 is 2.92 bits per heavy atom. The highest BCUT2D eigenvalue weighted by Gasteiger charge is 2.26. The fourth-order valence-corrected chi connectivity index (χ4v) is 4.93.